The molecule has 14 heteroatoms. The van der Waals surface area contributed by atoms with E-state index in [1.54, 1.807) is 0 Å². The minimum Gasteiger partial charge on any atom is -0.452 e. The van der Waals surface area contributed by atoms with Gasteiger partial charge < -0.3 is 30.3 Å². The summed E-state index contributed by atoms with van der Waals surface area (Å²) in [5, 5.41) is 7.92. The Balaban J connectivity index is 1.01. The van der Waals surface area contributed by atoms with Gasteiger partial charge in [-0.2, -0.15) is 0 Å². The van der Waals surface area contributed by atoms with Crippen LogP contribution in [0, 0.1) is 5.41 Å². The number of carbonyl (C=O) groups excluding carboxylic acids is 4. The number of benzene rings is 4. The van der Waals surface area contributed by atoms with Gasteiger partial charge in [-0.15, -0.1) is 29.7 Å². The molecule has 12 nitrogen and oxygen atoms in total. The second kappa shape index (κ2) is 17.0. The number of ether oxygens (including phenoxy) is 2. The van der Waals surface area contributed by atoms with Crippen molar-refractivity contribution in [2.75, 3.05) is 24.6 Å². The van der Waals surface area contributed by atoms with Crippen LogP contribution in [-0.2, 0) is 33.5 Å². The summed E-state index contributed by atoms with van der Waals surface area (Å²) in [5.74, 6) is -2.14. The van der Waals surface area contributed by atoms with E-state index in [1.807, 2.05) is 121 Å². The third kappa shape index (κ3) is 8.21. The van der Waals surface area contributed by atoms with Crippen LogP contribution < -0.4 is 11.1 Å². The number of esters is 2. The fourth-order valence-electron chi connectivity index (χ4n) is 6.44. The molecule has 3 heterocycles. The quantitative estimate of drug-likeness (QED) is 0.0471. The monoisotopic (exact) mass is 787 g/mol. The van der Waals surface area contributed by atoms with Crippen molar-refractivity contribution in [3.8, 4) is 0 Å². The molecule has 2 fully saturated rings. The molecule has 5 aromatic rings. The van der Waals surface area contributed by atoms with E-state index in [4.69, 9.17) is 20.0 Å². The minimum atomic E-state index is -1.19. The van der Waals surface area contributed by atoms with Gasteiger partial charge in [0.1, 0.15) is 22.5 Å². The topological polar surface area (TPSA) is 163 Å². The van der Waals surface area contributed by atoms with Crippen LogP contribution in [0.3, 0.4) is 0 Å². The first kappa shape index (κ1) is 38.0. The van der Waals surface area contributed by atoms with E-state index in [9.17, 15) is 19.2 Å². The maximum atomic E-state index is 14.0. The van der Waals surface area contributed by atoms with Crippen molar-refractivity contribution in [1.82, 2.24) is 15.2 Å². The molecule has 1 aromatic heterocycles. The first-order chi connectivity index (χ1) is 27.3. The highest BCUT2D eigenvalue weighted by molar-refractivity contribution is 8.00. The van der Waals surface area contributed by atoms with Crippen LogP contribution in [0.25, 0.3) is 0 Å². The van der Waals surface area contributed by atoms with Crippen LogP contribution in [0.2, 0.25) is 0 Å². The highest BCUT2D eigenvalue weighted by Gasteiger charge is 2.57. The minimum absolute atomic E-state index is 0.0241. The highest BCUT2D eigenvalue weighted by atomic mass is 32.2. The van der Waals surface area contributed by atoms with Crippen molar-refractivity contribution < 1.29 is 33.5 Å². The summed E-state index contributed by atoms with van der Waals surface area (Å²) in [6.07, 6.45) is 0.168. The van der Waals surface area contributed by atoms with Crippen molar-refractivity contribution in [1.29, 1.82) is 0 Å². The third-order valence-corrected chi connectivity index (χ3v) is 11.6. The molecule has 2 aliphatic rings. The molecule has 2 unspecified atom stereocenters. The molecule has 0 radical (unpaired) electrons. The number of thioether (sulfide) groups is 1. The van der Waals surface area contributed by atoms with Gasteiger partial charge in [0.25, 0.3) is 5.91 Å². The Labute approximate surface area is 331 Å². The van der Waals surface area contributed by atoms with Crippen molar-refractivity contribution in [2.24, 2.45) is 10.6 Å². The predicted octanol–water partition coefficient (Wildman–Crippen LogP) is 5.68. The van der Waals surface area contributed by atoms with E-state index >= 15 is 0 Å². The average Bonchev–Trinajstić information content (AvgIpc) is 3.68. The van der Waals surface area contributed by atoms with Crippen molar-refractivity contribution in [3.63, 3.8) is 0 Å². The molecule has 2 aliphatic heterocycles. The van der Waals surface area contributed by atoms with Gasteiger partial charge in [0.15, 0.2) is 23.1 Å². The zero-order chi connectivity index (χ0) is 39.1. The Hall–Kier alpha value is -6.25. The number of hydrogen-bond donors (Lipinski definition) is 2. The number of nitrogens with zero attached hydrogens (tertiary/aromatic N) is 3. The molecule has 3 N–H and O–H groups in total. The Bertz CT molecular complexity index is 2140. The maximum absolute atomic E-state index is 14.0. The lowest BCUT2D eigenvalue weighted by Crippen LogP contribution is -2.73. The number of nitrogens with one attached hydrogen (secondary N) is 1. The van der Waals surface area contributed by atoms with Crippen LogP contribution in [-0.4, -0.2) is 69.7 Å². The second-order valence-electron chi connectivity index (χ2n) is 13.1. The van der Waals surface area contributed by atoms with Gasteiger partial charge in [-0.25, -0.2) is 9.78 Å². The van der Waals surface area contributed by atoms with Crippen LogP contribution in [0.1, 0.15) is 40.2 Å². The van der Waals surface area contributed by atoms with Gasteiger partial charge in [0, 0.05) is 17.7 Å². The first-order valence-corrected chi connectivity index (χ1v) is 19.6. The summed E-state index contributed by atoms with van der Waals surface area (Å²) >= 11 is 2.42. The lowest BCUT2D eigenvalue weighted by molar-refractivity contribution is -0.162. The van der Waals surface area contributed by atoms with Gasteiger partial charge >= 0.3 is 11.9 Å². The molecule has 0 saturated carbocycles. The van der Waals surface area contributed by atoms with Crippen LogP contribution in [0.4, 0.5) is 5.13 Å². The predicted molar refractivity (Wildman–Crippen MR) is 213 cm³/mol. The van der Waals surface area contributed by atoms with Crippen LogP contribution in [0.5, 0.6) is 0 Å². The molecule has 4 aromatic carbocycles. The van der Waals surface area contributed by atoms with E-state index in [-0.39, 0.29) is 28.8 Å². The molecule has 3 atom stereocenters. The number of nitrogen functional groups attached to an aromatic ring is 1. The molecule has 2 amide bonds. The molecule has 284 valence electrons. The standard InChI is InChI=1S/C42H37N5O7S2/c1-2-42(40(51)54-36(29-19-11-5-12-20-29)30-21-13-6-14-22-30)25-47-38(50)34(39(47)56-26-42)45-37(49)33(31-24-55-41(43)44-31)46-52-23-32(48)53-35(27-15-7-3-8-16-27)28-17-9-4-10-18-28/h2-22,24,34-36,39H,1,23,25-26H2,(H2,43,44)(H,45,49)/t34?,39-,42?/m1/s1. The van der Waals surface area contributed by atoms with Crippen molar-refractivity contribution in [3.05, 3.63) is 167 Å². The number of aromatic nitrogens is 1. The molecular weight excluding hydrogens is 751 g/mol. The number of anilines is 1. The largest absolute Gasteiger partial charge is 0.452 e. The zero-order valence-corrected chi connectivity index (χ0v) is 31.6. The molecule has 56 heavy (non-hydrogen) atoms. The van der Waals surface area contributed by atoms with Gasteiger partial charge in [-0.1, -0.05) is 133 Å². The second-order valence-corrected chi connectivity index (χ2v) is 15.1. The SMILES string of the molecule is C=CC1(C(=O)OC(c2ccccc2)c2ccccc2)CS[C@@H]2C(NC(=O)C(=NOCC(=O)OC(c3ccccc3)c3ccccc3)c3csc(N)n3)C(=O)N2C1. The molecule has 0 bridgehead atoms. The summed E-state index contributed by atoms with van der Waals surface area (Å²) in [7, 11) is 0. The number of β-lactam (4-membered cyclic amide) rings is 1. The van der Waals surface area contributed by atoms with Gasteiger partial charge in [-0.3, -0.25) is 14.4 Å². The maximum Gasteiger partial charge on any atom is 0.347 e. The summed E-state index contributed by atoms with van der Waals surface area (Å²) in [6, 6.07) is 36.5. The number of hydrogen-bond acceptors (Lipinski definition) is 12. The fourth-order valence-corrected chi connectivity index (χ4v) is 8.52. The van der Waals surface area contributed by atoms with E-state index in [2.05, 4.69) is 22.0 Å². The van der Waals surface area contributed by atoms with E-state index in [0.717, 1.165) is 33.6 Å². The molecule has 0 aliphatic carbocycles. The third-order valence-electron chi connectivity index (χ3n) is 9.39. The van der Waals surface area contributed by atoms with Crippen LogP contribution in [0.15, 0.2) is 145 Å². The summed E-state index contributed by atoms with van der Waals surface area (Å²) in [6.45, 7) is 3.36. The number of nitrogens with two attached hydrogens (primary N) is 1. The Morgan fingerprint density at radius 1 is 0.875 bits per heavy atom. The average molecular weight is 788 g/mol. The Kier molecular flexibility index (Phi) is 11.6. The lowest BCUT2D eigenvalue weighted by Gasteiger charge is -2.53. The number of thiazole rings is 1. The summed E-state index contributed by atoms with van der Waals surface area (Å²) in [5.41, 5.74) is 7.63. The number of amides is 2. The van der Waals surface area contributed by atoms with Crippen molar-refractivity contribution >= 4 is 57.7 Å². The van der Waals surface area contributed by atoms with E-state index < -0.39 is 59.4 Å². The smallest absolute Gasteiger partial charge is 0.347 e. The highest BCUT2D eigenvalue weighted by Crippen LogP contribution is 2.44. The molecular formula is C42H37N5O7S2. The Morgan fingerprint density at radius 2 is 1.39 bits per heavy atom. The molecule has 7 rings (SSSR count). The van der Waals surface area contributed by atoms with Crippen LogP contribution >= 0.6 is 23.1 Å². The molecule has 2 saturated heterocycles. The van der Waals surface area contributed by atoms with Gasteiger partial charge in [0.05, 0.1) is 0 Å². The lowest BCUT2D eigenvalue weighted by atomic mass is 9.87. The number of carbonyl (C=O) groups is 4. The number of rotatable bonds is 14. The van der Waals surface area contributed by atoms with E-state index in [0.29, 0.717) is 0 Å². The normalized spacial score (nSPS) is 19.1. The van der Waals surface area contributed by atoms with E-state index in [1.165, 1.54) is 28.1 Å². The summed E-state index contributed by atoms with van der Waals surface area (Å²) < 4.78 is 12.0. The number of fused-ring (bicyclic) bond motifs is 1. The zero-order valence-electron chi connectivity index (χ0n) is 29.9. The van der Waals surface area contributed by atoms with Gasteiger partial charge in [-0.05, 0) is 22.3 Å². The first-order valence-electron chi connectivity index (χ1n) is 17.6. The summed E-state index contributed by atoms with van der Waals surface area (Å²) in [4.78, 5) is 65.3. The molecule has 0 spiro atoms. The Morgan fingerprint density at radius 3 is 1.88 bits per heavy atom. The fraction of sp³-hybridized carbons (Fsp3) is 0.190. The van der Waals surface area contributed by atoms with Crippen molar-refractivity contribution in [2.45, 2.75) is 23.6 Å². The number of oxime groups is 1. The van der Waals surface area contributed by atoms with Gasteiger partial charge in [0.2, 0.25) is 12.5 Å².